The number of rotatable bonds is 3. The standard InChI is InChI=1S/C14H9Br2O2.C5H5.Fe/c15-10-7-11(14(18)12(16)8-10)13(17)6-5-9-3-1-2-4-9;1-2-4-5-3-1;/h1-8,18H;1-5H;/q;;+2/b6-5+;;. The fraction of sp³-hybridized carbons (Fsp3) is 0. The molecule has 5 heteroatoms. The van der Waals surface area contributed by atoms with Gasteiger partial charge in [-0.25, -0.2) is 0 Å². The SMILES string of the molecule is O=C(/C=C/[C]1[CH][CH][CH][CH]1)c1cc(Br)cc(Br)c1O.[CH]1[CH][CH][CH][CH]1.[Fe+2]. The summed E-state index contributed by atoms with van der Waals surface area (Å²) in [7, 11) is 0. The molecular weight excluding hydrogens is 476 g/mol. The molecule has 0 amide bonds. The van der Waals surface area contributed by atoms with Crippen molar-refractivity contribution >= 4 is 37.6 Å². The van der Waals surface area contributed by atoms with E-state index in [1.165, 1.54) is 6.08 Å². The van der Waals surface area contributed by atoms with E-state index in [1.807, 2.05) is 57.8 Å². The number of carbonyl (C=O) groups excluding carboxylic acids is 1. The molecule has 24 heavy (non-hydrogen) atoms. The molecular formula is C19H14Br2FeO2+2. The Morgan fingerprint density at radius 3 is 2.00 bits per heavy atom. The van der Waals surface area contributed by atoms with Gasteiger partial charge in [-0.05, 0) is 91.9 Å². The van der Waals surface area contributed by atoms with Crippen LogP contribution in [0.2, 0.25) is 0 Å². The van der Waals surface area contributed by atoms with Crippen LogP contribution in [0.3, 0.4) is 0 Å². The molecule has 0 saturated heterocycles. The van der Waals surface area contributed by atoms with Gasteiger partial charge in [0.15, 0.2) is 5.78 Å². The average molecular weight is 490 g/mol. The summed E-state index contributed by atoms with van der Waals surface area (Å²) in [5, 5.41) is 9.83. The van der Waals surface area contributed by atoms with E-state index in [2.05, 4.69) is 31.9 Å². The van der Waals surface area contributed by atoms with Gasteiger partial charge in [0.1, 0.15) is 5.75 Å². The number of aromatic hydroxyl groups is 1. The Balaban J connectivity index is 0.000000412. The molecule has 2 aliphatic carbocycles. The maximum Gasteiger partial charge on any atom is 2.00 e. The number of hydrogen-bond acceptors (Lipinski definition) is 2. The summed E-state index contributed by atoms with van der Waals surface area (Å²) in [5.41, 5.74) is 0.263. The van der Waals surface area contributed by atoms with Crippen molar-refractivity contribution in [3.63, 3.8) is 0 Å². The van der Waals surface area contributed by atoms with Gasteiger partial charge in [0.25, 0.3) is 0 Å². The minimum Gasteiger partial charge on any atom is -0.506 e. The molecule has 0 aliphatic heterocycles. The van der Waals surface area contributed by atoms with E-state index in [0.717, 1.165) is 10.4 Å². The van der Waals surface area contributed by atoms with Crippen LogP contribution >= 0.6 is 31.9 Å². The number of ketones is 1. The fourth-order valence-corrected chi connectivity index (χ4v) is 3.06. The summed E-state index contributed by atoms with van der Waals surface area (Å²) < 4.78 is 1.22. The first-order chi connectivity index (χ1) is 11.1. The summed E-state index contributed by atoms with van der Waals surface area (Å²) in [6.07, 6.45) is 20.8. The molecule has 2 nitrogen and oxygen atoms in total. The predicted molar refractivity (Wildman–Crippen MR) is 98.9 cm³/mol. The minimum absolute atomic E-state index is 0. The zero-order chi connectivity index (χ0) is 16.7. The number of phenolic OH excluding ortho intramolecular Hbond substituents is 1. The van der Waals surface area contributed by atoms with Crippen LogP contribution in [0.4, 0.5) is 0 Å². The second kappa shape index (κ2) is 11.5. The van der Waals surface area contributed by atoms with Gasteiger partial charge in [0, 0.05) is 10.4 Å². The van der Waals surface area contributed by atoms with Crippen LogP contribution in [0.15, 0.2) is 33.2 Å². The molecule has 1 aromatic carbocycles. The average Bonchev–Trinajstić information content (AvgIpc) is 3.24. The topological polar surface area (TPSA) is 37.3 Å². The van der Waals surface area contributed by atoms with Crippen LogP contribution < -0.4 is 0 Å². The van der Waals surface area contributed by atoms with E-state index < -0.39 is 0 Å². The molecule has 3 rings (SSSR count). The first-order valence-corrected chi connectivity index (χ1v) is 8.45. The number of benzene rings is 1. The van der Waals surface area contributed by atoms with Gasteiger partial charge in [-0.1, -0.05) is 22.0 Å². The molecule has 0 bridgehead atoms. The molecule has 10 radical (unpaired) electrons. The van der Waals surface area contributed by atoms with Gasteiger partial charge in [-0.15, -0.1) is 0 Å². The molecule has 1 N–H and O–H groups in total. The van der Waals surface area contributed by atoms with E-state index in [-0.39, 0.29) is 34.2 Å². The third-order valence-corrected chi connectivity index (χ3v) is 4.03. The van der Waals surface area contributed by atoms with E-state index in [4.69, 9.17) is 0 Å². The fourth-order valence-electron chi connectivity index (χ4n) is 1.84. The zero-order valence-corrected chi connectivity index (χ0v) is 16.7. The zero-order valence-electron chi connectivity index (χ0n) is 12.5. The van der Waals surface area contributed by atoms with E-state index in [9.17, 15) is 9.90 Å². The van der Waals surface area contributed by atoms with Gasteiger partial charge in [0.2, 0.25) is 0 Å². The van der Waals surface area contributed by atoms with Crippen molar-refractivity contribution in [3.05, 3.63) is 102 Å². The summed E-state index contributed by atoms with van der Waals surface area (Å²) >= 11 is 6.49. The van der Waals surface area contributed by atoms with Crippen molar-refractivity contribution < 1.29 is 27.0 Å². The maximum absolute atomic E-state index is 12.0. The number of hydrogen-bond donors (Lipinski definition) is 1. The van der Waals surface area contributed by atoms with Crippen molar-refractivity contribution in [2.45, 2.75) is 0 Å². The molecule has 1 aromatic rings. The third-order valence-electron chi connectivity index (χ3n) is 2.96. The van der Waals surface area contributed by atoms with Gasteiger partial charge in [0.05, 0.1) is 10.0 Å². The van der Waals surface area contributed by atoms with E-state index in [0.29, 0.717) is 4.47 Å². The maximum atomic E-state index is 12.0. The smallest absolute Gasteiger partial charge is 0.506 e. The summed E-state index contributed by atoms with van der Waals surface area (Å²) in [6.45, 7) is 0. The molecule has 0 aromatic heterocycles. The van der Waals surface area contributed by atoms with Crippen LogP contribution in [0.5, 0.6) is 5.75 Å². The molecule has 122 valence electrons. The Hall–Kier alpha value is -0.0905. The Labute approximate surface area is 172 Å². The summed E-state index contributed by atoms with van der Waals surface area (Å²) in [5.74, 6) is 0.669. The normalized spacial score (nSPS) is 17.4. The van der Waals surface area contributed by atoms with Crippen molar-refractivity contribution in [1.29, 1.82) is 0 Å². The number of halogens is 2. The molecule has 0 atom stereocenters. The second-order valence-electron chi connectivity index (χ2n) is 4.66. The minimum atomic E-state index is -0.240. The Morgan fingerprint density at radius 1 is 0.917 bits per heavy atom. The van der Waals surface area contributed by atoms with Gasteiger partial charge in [-0.3, -0.25) is 4.79 Å². The van der Waals surface area contributed by atoms with Crippen molar-refractivity contribution in [2.75, 3.05) is 0 Å². The molecule has 2 saturated carbocycles. The third kappa shape index (κ3) is 7.03. The summed E-state index contributed by atoms with van der Waals surface area (Å²) in [4.78, 5) is 12.0. The van der Waals surface area contributed by atoms with Crippen molar-refractivity contribution in [1.82, 2.24) is 0 Å². The van der Waals surface area contributed by atoms with Crippen LogP contribution in [-0.4, -0.2) is 10.9 Å². The van der Waals surface area contributed by atoms with Crippen LogP contribution in [0.25, 0.3) is 0 Å². The summed E-state index contributed by atoms with van der Waals surface area (Å²) in [6, 6.07) is 3.28. The number of carbonyl (C=O) groups is 1. The Bertz CT molecular complexity index is 555. The van der Waals surface area contributed by atoms with E-state index in [1.54, 1.807) is 18.2 Å². The van der Waals surface area contributed by atoms with E-state index >= 15 is 0 Å². The van der Waals surface area contributed by atoms with Gasteiger partial charge in [-0.2, -0.15) is 0 Å². The molecule has 0 unspecified atom stereocenters. The van der Waals surface area contributed by atoms with Crippen molar-refractivity contribution in [2.24, 2.45) is 0 Å². The monoisotopic (exact) mass is 488 g/mol. The molecule has 0 spiro atoms. The first-order valence-electron chi connectivity index (χ1n) is 6.87. The Morgan fingerprint density at radius 2 is 1.46 bits per heavy atom. The first kappa shape index (κ1) is 22.0. The number of phenols is 1. The van der Waals surface area contributed by atoms with Crippen LogP contribution in [-0.2, 0) is 17.1 Å². The molecule has 2 fully saturated rings. The number of allylic oxidation sites excluding steroid dienone is 2. The quantitative estimate of drug-likeness (QED) is 0.365. The van der Waals surface area contributed by atoms with Crippen LogP contribution in [0.1, 0.15) is 10.4 Å². The molecule has 2 aliphatic rings. The predicted octanol–water partition coefficient (Wildman–Crippen LogP) is 5.08. The van der Waals surface area contributed by atoms with Crippen LogP contribution in [0, 0.1) is 63.7 Å². The largest absolute Gasteiger partial charge is 2.00 e. The van der Waals surface area contributed by atoms with Gasteiger partial charge < -0.3 is 5.11 Å². The molecule has 0 heterocycles. The second-order valence-corrected chi connectivity index (χ2v) is 6.43. The Kier molecular flexibility index (Phi) is 10.5. The van der Waals surface area contributed by atoms with Crippen molar-refractivity contribution in [3.8, 4) is 5.75 Å². The van der Waals surface area contributed by atoms with Gasteiger partial charge >= 0.3 is 17.1 Å².